The largest absolute Gasteiger partial charge is 0.493 e. The van der Waals surface area contributed by atoms with E-state index in [1.54, 1.807) is 0 Å². The van der Waals surface area contributed by atoms with Crippen molar-refractivity contribution in [2.45, 2.75) is 0 Å². The Morgan fingerprint density at radius 2 is 2.42 bits per heavy atom. The van der Waals surface area contributed by atoms with Crippen LogP contribution < -0.4 is 4.74 Å². The van der Waals surface area contributed by atoms with Crippen LogP contribution in [0.25, 0.3) is 0 Å². The smallest absolute Gasteiger partial charge is 0.378 e. The second-order valence-corrected chi connectivity index (χ2v) is 2.79. The molecule has 0 aromatic carbocycles. The maximum atomic E-state index is 10.3. The van der Waals surface area contributed by atoms with Gasteiger partial charge in [0.15, 0.2) is 11.9 Å². The number of nitrogens with zero attached hydrogens (tertiary/aromatic N) is 2. The Hall–Kier alpha value is -1.17. The summed E-state index contributed by atoms with van der Waals surface area (Å²) >= 11 is 3.00. The molecule has 0 fully saturated rings. The zero-order valence-electron chi connectivity index (χ0n) is 6.15. The quantitative estimate of drug-likeness (QED) is 0.576. The lowest BCUT2D eigenvalue weighted by molar-refractivity contribution is -0.390. The lowest BCUT2D eigenvalue weighted by Gasteiger charge is -1.97. The first kappa shape index (κ1) is 8.92. The summed E-state index contributed by atoms with van der Waals surface area (Å²) in [6.45, 7) is 0. The van der Waals surface area contributed by atoms with Crippen LogP contribution in [-0.4, -0.2) is 17.0 Å². The Bertz CT molecular complexity index is 316. The van der Waals surface area contributed by atoms with Crippen LogP contribution in [-0.2, 0) is 0 Å². The average Bonchev–Trinajstić information content (AvgIpc) is 2.03. The van der Waals surface area contributed by atoms with Gasteiger partial charge in [0.05, 0.1) is 7.11 Å². The van der Waals surface area contributed by atoms with Crippen molar-refractivity contribution in [2.75, 3.05) is 7.11 Å². The number of halogens is 1. The third kappa shape index (κ3) is 1.70. The van der Waals surface area contributed by atoms with E-state index in [-0.39, 0.29) is 5.82 Å². The molecule has 0 atom stereocenters. The highest BCUT2D eigenvalue weighted by Gasteiger charge is 2.13. The molecule has 0 unspecified atom stereocenters. The lowest BCUT2D eigenvalue weighted by Crippen LogP contribution is -1.94. The fourth-order valence-electron chi connectivity index (χ4n) is 0.659. The van der Waals surface area contributed by atoms with E-state index in [9.17, 15) is 10.1 Å². The predicted octanol–water partition coefficient (Wildman–Crippen LogP) is 1.76. The van der Waals surface area contributed by atoms with Gasteiger partial charge in [0.2, 0.25) is 0 Å². The number of ether oxygens (including phenoxy) is 1. The molecule has 6 heteroatoms. The molecule has 0 saturated carbocycles. The van der Waals surface area contributed by atoms with Crippen molar-refractivity contribution in [3.63, 3.8) is 0 Å². The summed E-state index contributed by atoms with van der Waals surface area (Å²) in [6.07, 6.45) is 1.29. The first-order valence-corrected chi connectivity index (χ1v) is 3.78. The number of hydrogen-bond donors (Lipinski definition) is 0. The van der Waals surface area contributed by atoms with Crippen LogP contribution in [0.15, 0.2) is 16.7 Å². The molecular weight excluding hydrogens is 228 g/mol. The zero-order valence-corrected chi connectivity index (χ0v) is 7.74. The van der Waals surface area contributed by atoms with Crippen molar-refractivity contribution in [3.8, 4) is 5.75 Å². The molecule has 0 aliphatic carbocycles. The maximum Gasteiger partial charge on any atom is 0.378 e. The van der Waals surface area contributed by atoms with Gasteiger partial charge < -0.3 is 14.9 Å². The van der Waals surface area contributed by atoms with Crippen LogP contribution in [0.5, 0.6) is 5.75 Å². The molecule has 1 heterocycles. The second kappa shape index (κ2) is 3.48. The predicted molar refractivity (Wildman–Crippen MR) is 45.1 cm³/mol. The number of pyridine rings is 1. The highest BCUT2D eigenvalue weighted by Crippen LogP contribution is 2.25. The Morgan fingerprint density at radius 1 is 1.75 bits per heavy atom. The van der Waals surface area contributed by atoms with Crippen LogP contribution in [0, 0.1) is 10.1 Å². The molecule has 1 rings (SSSR count). The van der Waals surface area contributed by atoms with Gasteiger partial charge in [-0.2, -0.15) is 0 Å². The summed E-state index contributed by atoms with van der Waals surface area (Å²) in [6, 6.07) is 1.49. The molecule has 64 valence electrons. The first-order chi connectivity index (χ1) is 5.65. The topological polar surface area (TPSA) is 65.3 Å². The average molecular weight is 233 g/mol. The van der Waals surface area contributed by atoms with Gasteiger partial charge in [0.25, 0.3) is 0 Å². The van der Waals surface area contributed by atoms with E-state index in [1.165, 1.54) is 19.4 Å². The summed E-state index contributed by atoms with van der Waals surface area (Å²) in [4.78, 5) is 13.3. The van der Waals surface area contributed by atoms with Gasteiger partial charge in [-0.25, -0.2) is 0 Å². The lowest BCUT2D eigenvalue weighted by atomic mass is 10.4. The number of aromatic nitrogens is 1. The number of nitro groups is 1. The molecule has 5 nitrogen and oxygen atoms in total. The van der Waals surface area contributed by atoms with E-state index < -0.39 is 4.92 Å². The van der Waals surface area contributed by atoms with Gasteiger partial charge >= 0.3 is 5.82 Å². The molecule has 12 heavy (non-hydrogen) atoms. The Kier molecular flexibility index (Phi) is 2.59. The molecule has 0 aliphatic rings. The van der Waals surface area contributed by atoms with E-state index in [2.05, 4.69) is 20.9 Å². The van der Waals surface area contributed by atoms with Gasteiger partial charge in [-0.3, -0.25) is 0 Å². The molecule has 1 aromatic rings. The van der Waals surface area contributed by atoms with Crippen molar-refractivity contribution in [1.82, 2.24) is 4.98 Å². The summed E-state index contributed by atoms with van der Waals surface area (Å²) < 4.78 is 5.13. The van der Waals surface area contributed by atoms with Crippen LogP contribution in [0.4, 0.5) is 5.82 Å². The minimum absolute atomic E-state index is 0.212. The molecule has 0 saturated heterocycles. The molecule has 0 aliphatic heterocycles. The normalized spacial score (nSPS) is 9.50. The third-order valence-corrected chi connectivity index (χ3v) is 1.79. The Balaban J connectivity index is 3.12. The Morgan fingerprint density at radius 3 is 2.83 bits per heavy atom. The molecule has 0 spiro atoms. The van der Waals surface area contributed by atoms with E-state index >= 15 is 0 Å². The molecule has 0 bridgehead atoms. The minimum atomic E-state index is -0.566. The van der Waals surface area contributed by atoms with E-state index in [0.29, 0.717) is 10.2 Å². The third-order valence-electron chi connectivity index (χ3n) is 1.21. The maximum absolute atomic E-state index is 10.3. The standard InChI is InChI=1S/C6H5BrN2O3/c1-12-4-2-5(7)6(8-3-4)9(10)11/h2-3H,1H3. The molecule has 0 radical (unpaired) electrons. The molecular formula is C6H5BrN2O3. The van der Waals surface area contributed by atoms with E-state index in [0.717, 1.165) is 0 Å². The van der Waals surface area contributed by atoms with Gasteiger partial charge in [-0.1, -0.05) is 0 Å². The van der Waals surface area contributed by atoms with Gasteiger partial charge in [-0.05, 0) is 25.8 Å². The highest BCUT2D eigenvalue weighted by atomic mass is 79.9. The molecule has 1 aromatic heterocycles. The van der Waals surface area contributed by atoms with Crippen molar-refractivity contribution < 1.29 is 9.66 Å². The van der Waals surface area contributed by atoms with E-state index in [1.807, 2.05) is 0 Å². The zero-order chi connectivity index (χ0) is 9.14. The van der Waals surface area contributed by atoms with Gasteiger partial charge in [0, 0.05) is 6.07 Å². The van der Waals surface area contributed by atoms with Crippen molar-refractivity contribution in [3.05, 3.63) is 26.9 Å². The number of rotatable bonds is 2. The summed E-state index contributed by atoms with van der Waals surface area (Å²) in [5, 5.41) is 10.3. The van der Waals surface area contributed by atoms with Gasteiger partial charge in [0.1, 0.15) is 4.47 Å². The highest BCUT2D eigenvalue weighted by molar-refractivity contribution is 9.10. The summed E-state index contributed by atoms with van der Waals surface area (Å²) in [5.41, 5.74) is 0. The van der Waals surface area contributed by atoms with Crippen LogP contribution >= 0.6 is 15.9 Å². The molecule has 0 N–H and O–H groups in total. The van der Waals surface area contributed by atoms with Crippen molar-refractivity contribution >= 4 is 21.7 Å². The van der Waals surface area contributed by atoms with Crippen molar-refractivity contribution in [1.29, 1.82) is 0 Å². The fourth-order valence-corrected chi connectivity index (χ4v) is 1.13. The van der Waals surface area contributed by atoms with Crippen LogP contribution in [0.2, 0.25) is 0 Å². The van der Waals surface area contributed by atoms with Gasteiger partial charge in [-0.15, -0.1) is 0 Å². The molecule has 0 amide bonds. The summed E-state index contributed by atoms with van der Waals surface area (Å²) in [5.74, 6) is 0.267. The number of methoxy groups -OCH3 is 1. The minimum Gasteiger partial charge on any atom is -0.493 e. The Labute approximate surface area is 76.7 Å². The first-order valence-electron chi connectivity index (χ1n) is 2.99. The van der Waals surface area contributed by atoms with E-state index in [4.69, 9.17) is 4.74 Å². The van der Waals surface area contributed by atoms with Crippen LogP contribution in [0.3, 0.4) is 0 Å². The summed E-state index contributed by atoms with van der Waals surface area (Å²) in [7, 11) is 1.47. The van der Waals surface area contributed by atoms with Crippen LogP contribution in [0.1, 0.15) is 0 Å². The second-order valence-electron chi connectivity index (χ2n) is 1.94. The number of hydrogen-bond acceptors (Lipinski definition) is 4. The fraction of sp³-hybridized carbons (Fsp3) is 0.167. The SMILES string of the molecule is COc1cnc([N+](=O)[O-])c(Br)c1. The monoisotopic (exact) mass is 232 g/mol. The van der Waals surface area contributed by atoms with Crippen molar-refractivity contribution in [2.24, 2.45) is 0 Å².